The fraction of sp³-hybridized carbons (Fsp3) is 0.688. The van der Waals surface area contributed by atoms with E-state index in [1.54, 1.807) is 9.80 Å². The number of amides is 2. The van der Waals surface area contributed by atoms with Crippen molar-refractivity contribution >= 4 is 66.3 Å². The smallest absolute Gasteiger partial charge is 0.444 e. The SMILES string of the molecule is CC(C)(C)OC(=O)N1CC[C@@H](CC(=O)c2nnc(C(C)(C)C)o2)c2ccc(B3OC(C)(C)C(C)(C)O3)cc2C1.CC(C)(C)OC(=O)N1CC[C@@H](CC(=O)c2nnc(C(C)(C)C)o2)c2ccc(Br)cc2C1.CC1(C)OB(B2OC(C)(C)C(C)(C)O2)OC1(C)C. The van der Waals surface area contributed by atoms with Gasteiger partial charge in [-0.05, 0) is 189 Å². The molecule has 7 heterocycles. The molecule has 3 saturated heterocycles. The molecule has 0 N–H and O–H groups in total. The van der Waals surface area contributed by atoms with Crippen LogP contribution in [0.25, 0.3) is 0 Å². The molecule has 2 aromatic carbocycles. The van der Waals surface area contributed by atoms with Crippen LogP contribution < -0.4 is 5.46 Å². The van der Waals surface area contributed by atoms with Crippen molar-refractivity contribution in [3.63, 3.8) is 0 Å². The van der Waals surface area contributed by atoms with Crippen molar-refractivity contribution in [2.75, 3.05) is 13.1 Å². The molecule has 20 nitrogen and oxygen atoms in total. The summed E-state index contributed by atoms with van der Waals surface area (Å²) >= 11 is 3.52. The Morgan fingerprint density at radius 2 is 0.852 bits per heavy atom. The van der Waals surface area contributed by atoms with Gasteiger partial charge in [0, 0.05) is 54.3 Å². The second kappa shape index (κ2) is 25.3. The van der Waals surface area contributed by atoms with Crippen molar-refractivity contribution in [3.05, 3.63) is 86.7 Å². The van der Waals surface area contributed by atoms with E-state index in [2.05, 4.69) is 36.3 Å². The second-order valence-electron chi connectivity index (χ2n) is 31.0. The minimum atomic E-state index is -0.616. The highest BCUT2D eigenvalue weighted by molar-refractivity contribution is 9.10. The van der Waals surface area contributed by atoms with E-state index in [0.29, 0.717) is 50.8 Å². The average molecular weight is 1290 g/mol. The quantitative estimate of drug-likeness (QED) is 0.118. The topological polar surface area (TPSA) is 226 Å². The standard InChI is InChI=1S/C29H42BN3O6.C23H30BrN3O4.C12H24B2O4/c1-26(2,3)24-32-31-23(36-24)22(34)16-18-13-14-33(25(35)37-27(4,5)6)17-19-15-20(11-12-21(18)19)30-38-28(7,8)29(9,10)39-30;1-22(2,3)20-26-25-19(30-20)18(28)12-14-9-10-27(21(29)31-23(4,5)6)13-15-11-16(24)7-8-17(14)15;1-9(2)10(3,4)16-13(15-9)14-17-11(5,6)12(7,8)18-14/h11-12,15,18H,13-14,16-17H2,1-10H3;7-8,11,14H,9-10,12-13H2,1-6H3;1-8H3/t18-;14-;/m00./s1. The van der Waals surface area contributed by atoms with Crippen molar-refractivity contribution in [2.45, 2.75) is 272 Å². The average Bonchev–Trinajstić information content (AvgIpc) is 1.92. The molecule has 5 aliphatic rings. The molecular formula is C64H96B3BrN6O14. The molecule has 2 atom stereocenters. The predicted octanol–water partition coefficient (Wildman–Crippen LogP) is 13.0. The van der Waals surface area contributed by atoms with Gasteiger partial charge in [-0.15, -0.1) is 20.4 Å². The van der Waals surface area contributed by atoms with Gasteiger partial charge in [0.25, 0.3) is 11.8 Å². The number of benzene rings is 2. The van der Waals surface area contributed by atoms with Crippen LogP contribution in [0.15, 0.2) is 49.7 Å². The van der Waals surface area contributed by atoms with Gasteiger partial charge in [0.1, 0.15) is 11.2 Å². The van der Waals surface area contributed by atoms with Gasteiger partial charge in [-0.3, -0.25) is 9.59 Å². The van der Waals surface area contributed by atoms with Gasteiger partial charge in [-0.25, -0.2) is 9.59 Å². The van der Waals surface area contributed by atoms with Crippen LogP contribution in [0, 0.1) is 0 Å². The number of hydrogen-bond acceptors (Lipinski definition) is 18. The molecule has 2 aromatic heterocycles. The third kappa shape index (κ3) is 16.8. The van der Waals surface area contributed by atoms with E-state index in [-0.39, 0.29) is 93.4 Å². The highest BCUT2D eigenvalue weighted by Gasteiger charge is 2.64. The zero-order chi connectivity index (χ0) is 65.9. The molecule has 4 aromatic rings. The molecule has 24 heteroatoms. The molecule has 0 aliphatic carbocycles. The summed E-state index contributed by atoms with van der Waals surface area (Å²) in [7, 11) is -1.49. The number of Topliss-reactive ketones (excluding diaryl/α,β-unsaturated/α-hetero) is 2. The molecular weight excluding hydrogens is 1190 g/mol. The highest BCUT2D eigenvalue weighted by atomic mass is 79.9. The Labute approximate surface area is 531 Å². The third-order valence-electron chi connectivity index (χ3n) is 17.4. The number of rotatable bonds is 8. The largest absolute Gasteiger partial charge is 0.494 e. The van der Waals surface area contributed by atoms with Crippen molar-refractivity contribution in [3.8, 4) is 0 Å². The Bertz CT molecular complexity index is 3100. The van der Waals surface area contributed by atoms with Crippen molar-refractivity contribution in [2.24, 2.45) is 0 Å². The van der Waals surface area contributed by atoms with Crippen LogP contribution in [0.3, 0.4) is 0 Å². The Morgan fingerprint density at radius 3 is 1.19 bits per heavy atom. The second-order valence-corrected chi connectivity index (χ2v) is 31.9. The van der Waals surface area contributed by atoms with E-state index in [1.807, 2.05) is 203 Å². The number of carbonyl (C=O) groups excluding carboxylic acids is 4. The first-order valence-corrected chi connectivity index (χ1v) is 31.5. The van der Waals surface area contributed by atoms with Gasteiger partial charge in [-0.1, -0.05) is 81.7 Å². The van der Waals surface area contributed by atoms with Crippen molar-refractivity contribution in [1.29, 1.82) is 0 Å². The molecule has 5 aliphatic heterocycles. The zero-order valence-electron chi connectivity index (χ0n) is 56.8. The molecule has 0 unspecified atom stereocenters. The van der Waals surface area contributed by atoms with E-state index in [1.165, 1.54) is 0 Å². The first kappa shape index (κ1) is 70.5. The summed E-state index contributed by atoms with van der Waals surface area (Å²) in [6.07, 6.45) is 0.929. The number of nitrogens with zero attached hydrogens (tertiary/aromatic N) is 6. The number of aromatic nitrogens is 4. The summed E-state index contributed by atoms with van der Waals surface area (Å²) in [5.41, 5.74) is 0.621. The molecule has 482 valence electrons. The molecule has 9 rings (SSSR count). The van der Waals surface area contributed by atoms with Gasteiger partial charge in [0.05, 0.1) is 33.6 Å². The van der Waals surface area contributed by atoms with Crippen LogP contribution >= 0.6 is 15.9 Å². The summed E-state index contributed by atoms with van der Waals surface area (Å²) in [6, 6.07) is 12.0. The van der Waals surface area contributed by atoms with E-state index >= 15 is 0 Å². The van der Waals surface area contributed by atoms with E-state index in [4.69, 9.17) is 46.2 Å². The van der Waals surface area contributed by atoms with Crippen LogP contribution in [0.2, 0.25) is 0 Å². The fourth-order valence-electron chi connectivity index (χ4n) is 10.2. The first-order chi connectivity index (χ1) is 40.1. The van der Waals surface area contributed by atoms with Gasteiger partial charge in [0.15, 0.2) is 0 Å². The number of hydrogen-bond donors (Lipinski definition) is 0. The molecule has 0 bridgehead atoms. The lowest BCUT2D eigenvalue weighted by atomic mass is 9.49. The summed E-state index contributed by atoms with van der Waals surface area (Å²) in [6.45, 7) is 48.9. The number of ketones is 2. The summed E-state index contributed by atoms with van der Waals surface area (Å²) in [5.74, 6) is 0.320. The molecule has 2 amide bonds. The number of carbonyl (C=O) groups is 4. The zero-order valence-corrected chi connectivity index (χ0v) is 58.4. The maximum atomic E-state index is 13.3. The van der Waals surface area contributed by atoms with E-state index < -0.39 is 43.5 Å². The number of ether oxygens (including phenoxy) is 2. The van der Waals surface area contributed by atoms with Gasteiger partial charge in [0.2, 0.25) is 23.3 Å². The van der Waals surface area contributed by atoms with Crippen LogP contribution in [-0.2, 0) is 61.3 Å². The van der Waals surface area contributed by atoms with Crippen LogP contribution in [-0.4, -0.2) is 133 Å². The van der Waals surface area contributed by atoms with Crippen molar-refractivity contribution in [1.82, 2.24) is 30.2 Å². The predicted molar refractivity (Wildman–Crippen MR) is 340 cm³/mol. The lowest BCUT2D eigenvalue weighted by Crippen LogP contribution is -2.41. The molecule has 88 heavy (non-hydrogen) atoms. The van der Waals surface area contributed by atoms with E-state index in [9.17, 15) is 19.2 Å². The fourth-order valence-corrected chi connectivity index (χ4v) is 10.6. The Balaban J connectivity index is 0.000000201. The van der Waals surface area contributed by atoms with Gasteiger partial charge >= 0.3 is 33.3 Å². The molecule has 3 fully saturated rings. The summed E-state index contributed by atoms with van der Waals surface area (Å²) in [5, 5.41) is 16.1. The van der Waals surface area contributed by atoms with Crippen LogP contribution in [0.1, 0.15) is 259 Å². The molecule has 0 spiro atoms. The van der Waals surface area contributed by atoms with Crippen LogP contribution in [0.5, 0.6) is 0 Å². The molecule has 0 radical (unpaired) electrons. The van der Waals surface area contributed by atoms with Crippen molar-refractivity contribution < 1.29 is 65.4 Å². The summed E-state index contributed by atoms with van der Waals surface area (Å²) in [4.78, 5) is 55.4. The van der Waals surface area contributed by atoms with Crippen LogP contribution in [0.4, 0.5) is 9.59 Å². The summed E-state index contributed by atoms with van der Waals surface area (Å²) < 4.78 is 60.0. The van der Waals surface area contributed by atoms with Gasteiger partial charge < -0.3 is 56.0 Å². The Kier molecular flexibility index (Phi) is 20.2. The Morgan fingerprint density at radius 1 is 0.511 bits per heavy atom. The number of halogens is 1. The normalized spacial score (nSPS) is 21.9. The minimum absolute atomic E-state index is 0.0172. The first-order valence-electron chi connectivity index (χ1n) is 30.8. The van der Waals surface area contributed by atoms with E-state index in [0.717, 1.165) is 32.2 Å². The maximum Gasteiger partial charge on any atom is 0.494 e. The molecule has 0 saturated carbocycles. The minimum Gasteiger partial charge on any atom is -0.444 e. The Hall–Kier alpha value is -4.97. The maximum absolute atomic E-state index is 13.3. The lowest BCUT2D eigenvalue weighted by molar-refractivity contribution is 0.00578. The lowest BCUT2D eigenvalue weighted by Gasteiger charge is -2.32. The number of fused-ring (bicyclic) bond motifs is 2. The monoisotopic (exact) mass is 1280 g/mol. The van der Waals surface area contributed by atoms with Gasteiger partial charge in [-0.2, -0.15) is 0 Å². The highest BCUT2D eigenvalue weighted by Crippen LogP contribution is 2.44. The third-order valence-corrected chi connectivity index (χ3v) is 17.9.